The summed E-state index contributed by atoms with van der Waals surface area (Å²) in [6.07, 6.45) is 1.18. The normalized spacial score (nSPS) is 12.6. The Morgan fingerprint density at radius 1 is 1.31 bits per heavy atom. The van der Waals surface area contributed by atoms with Crippen LogP contribution in [0.15, 0.2) is 40.4 Å². The molecule has 1 unspecified atom stereocenters. The highest BCUT2D eigenvalue weighted by Gasteiger charge is 2.13. The van der Waals surface area contributed by atoms with Crippen molar-refractivity contribution in [3.8, 4) is 0 Å². The zero-order valence-corrected chi connectivity index (χ0v) is 11.0. The van der Waals surface area contributed by atoms with E-state index < -0.39 is 6.10 Å². The van der Waals surface area contributed by atoms with Gasteiger partial charge in [0.05, 0.1) is 16.5 Å². The van der Waals surface area contributed by atoms with Crippen LogP contribution in [0, 0.1) is 0 Å². The van der Waals surface area contributed by atoms with Gasteiger partial charge in [-0.1, -0.05) is 30.3 Å². The second-order valence-corrected chi connectivity index (χ2v) is 5.18. The monoisotopic (exact) mass is 297 g/mol. The van der Waals surface area contributed by atoms with Crippen LogP contribution in [0.2, 0.25) is 0 Å². The van der Waals surface area contributed by atoms with E-state index >= 15 is 0 Å². The van der Waals surface area contributed by atoms with Crippen LogP contribution in [0.3, 0.4) is 0 Å². The molecule has 0 saturated carbocycles. The fourth-order valence-corrected chi connectivity index (χ4v) is 3.02. The van der Waals surface area contributed by atoms with Gasteiger partial charge in [-0.25, -0.2) is 4.98 Å². The largest absolute Gasteiger partial charge is 0.387 e. The summed E-state index contributed by atoms with van der Waals surface area (Å²) < 4.78 is 0.762. The second-order valence-electron chi connectivity index (χ2n) is 3.55. The van der Waals surface area contributed by atoms with Gasteiger partial charge in [0.15, 0.2) is 0 Å². The van der Waals surface area contributed by atoms with Crippen LogP contribution in [-0.2, 0) is 6.42 Å². The van der Waals surface area contributed by atoms with Crippen molar-refractivity contribution in [1.82, 2.24) is 4.98 Å². The molecule has 0 bridgehead atoms. The molecule has 0 aliphatic rings. The molecule has 1 aromatic carbocycles. The van der Waals surface area contributed by atoms with Crippen molar-refractivity contribution in [3.63, 3.8) is 0 Å². The number of aliphatic hydroxyl groups is 1. The van der Waals surface area contributed by atoms with Gasteiger partial charge in [-0.05, 0) is 34.3 Å². The van der Waals surface area contributed by atoms with Gasteiger partial charge in [-0.3, -0.25) is 0 Å². The number of thiazole rings is 1. The number of benzene rings is 1. The molecule has 2 aromatic rings. The Hall–Kier alpha value is -0.710. The minimum absolute atomic E-state index is 0.429. The van der Waals surface area contributed by atoms with Crippen LogP contribution in [0.25, 0.3) is 0 Å². The van der Waals surface area contributed by atoms with E-state index in [4.69, 9.17) is 0 Å². The van der Waals surface area contributed by atoms with E-state index in [9.17, 15) is 5.11 Å². The average Bonchev–Trinajstić information content (AvgIpc) is 2.74. The lowest BCUT2D eigenvalue weighted by Crippen LogP contribution is -1.98. The van der Waals surface area contributed by atoms with E-state index in [1.165, 1.54) is 16.9 Å². The molecule has 1 N–H and O–H groups in total. The number of aryl methyl sites for hydroxylation is 1. The van der Waals surface area contributed by atoms with E-state index in [2.05, 4.69) is 33.0 Å². The predicted octanol–water partition coefficient (Wildman–Crippen LogP) is 3.57. The lowest BCUT2D eigenvalue weighted by Gasteiger charge is -2.08. The van der Waals surface area contributed by atoms with Crippen LogP contribution >= 0.6 is 27.3 Å². The van der Waals surface area contributed by atoms with E-state index in [1.807, 2.05) is 18.2 Å². The molecular weight excluding hydrogens is 286 g/mol. The zero-order chi connectivity index (χ0) is 11.4. The van der Waals surface area contributed by atoms with Crippen LogP contribution in [0.4, 0.5) is 0 Å². The number of aliphatic hydroxyl groups excluding tert-OH is 1. The third-order valence-corrected chi connectivity index (χ3v) is 4.23. The van der Waals surface area contributed by atoms with Gasteiger partial charge >= 0.3 is 0 Å². The van der Waals surface area contributed by atoms with Gasteiger partial charge in [-0.15, -0.1) is 11.3 Å². The summed E-state index contributed by atoms with van der Waals surface area (Å²) in [6.45, 7) is 0. The number of aromatic nitrogens is 1. The van der Waals surface area contributed by atoms with Gasteiger partial charge < -0.3 is 5.11 Å². The number of hydrogen-bond donors (Lipinski definition) is 1. The number of rotatable bonds is 4. The maximum atomic E-state index is 9.99. The summed E-state index contributed by atoms with van der Waals surface area (Å²) in [6, 6.07) is 10.2. The Morgan fingerprint density at radius 3 is 2.69 bits per heavy atom. The van der Waals surface area contributed by atoms with Crippen LogP contribution < -0.4 is 0 Å². The Balaban J connectivity index is 1.94. The van der Waals surface area contributed by atoms with Crippen molar-refractivity contribution in [3.05, 3.63) is 50.9 Å². The Morgan fingerprint density at radius 2 is 2.06 bits per heavy atom. The predicted molar refractivity (Wildman–Crippen MR) is 69.5 cm³/mol. The minimum Gasteiger partial charge on any atom is -0.387 e. The quantitative estimate of drug-likeness (QED) is 0.936. The third kappa shape index (κ3) is 2.90. The number of nitrogens with zero attached hydrogens (tertiary/aromatic N) is 1. The molecule has 2 rings (SSSR count). The maximum Gasteiger partial charge on any atom is 0.122 e. The molecular formula is C12H12BrNOS. The third-order valence-electron chi connectivity index (χ3n) is 2.40. The summed E-state index contributed by atoms with van der Waals surface area (Å²) in [5.74, 6) is 0. The molecule has 0 amide bonds. The van der Waals surface area contributed by atoms with Gasteiger partial charge in [0, 0.05) is 0 Å². The van der Waals surface area contributed by atoms with Gasteiger partial charge in [0.1, 0.15) is 4.60 Å². The van der Waals surface area contributed by atoms with Gasteiger partial charge in [-0.2, -0.15) is 0 Å². The molecule has 16 heavy (non-hydrogen) atoms. The zero-order valence-electron chi connectivity index (χ0n) is 8.64. The first-order valence-corrected chi connectivity index (χ1v) is 6.75. The second kappa shape index (κ2) is 5.57. The Labute approximate surface area is 107 Å². The SMILES string of the molecule is OC(CCc1ccccc1)c1scnc1Br. The van der Waals surface area contributed by atoms with Gasteiger partial charge in [0.25, 0.3) is 0 Å². The summed E-state index contributed by atoms with van der Waals surface area (Å²) in [7, 11) is 0. The molecule has 0 spiro atoms. The summed E-state index contributed by atoms with van der Waals surface area (Å²) in [5, 5.41) is 9.99. The highest BCUT2D eigenvalue weighted by Crippen LogP contribution is 2.29. The molecule has 0 saturated heterocycles. The highest BCUT2D eigenvalue weighted by molar-refractivity contribution is 9.10. The Bertz CT molecular complexity index is 443. The number of hydrogen-bond acceptors (Lipinski definition) is 3. The van der Waals surface area contributed by atoms with Crippen molar-refractivity contribution in [2.24, 2.45) is 0 Å². The van der Waals surface area contributed by atoms with Gasteiger partial charge in [0.2, 0.25) is 0 Å². The topological polar surface area (TPSA) is 33.1 Å². The average molecular weight is 298 g/mol. The van der Waals surface area contributed by atoms with Crippen molar-refractivity contribution >= 4 is 27.3 Å². The van der Waals surface area contributed by atoms with E-state index in [1.54, 1.807) is 5.51 Å². The first-order chi connectivity index (χ1) is 7.77. The molecule has 1 aromatic heterocycles. The molecule has 0 radical (unpaired) electrons. The molecule has 2 nitrogen and oxygen atoms in total. The molecule has 1 atom stereocenters. The fourth-order valence-electron chi connectivity index (χ4n) is 1.54. The highest BCUT2D eigenvalue weighted by atomic mass is 79.9. The van der Waals surface area contributed by atoms with Crippen molar-refractivity contribution in [2.45, 2.75) is 18.9 Å². The lowest BCUT2D eigenvalue weighted by atomic mass is 10.1. The summed E-state index contributed by atoms with van der Waals surface area (Å²) in [4.78, 5) is 4.98. The van der Waals surface area contributed by atoms with Crippen molar-refractivity contribution in [2.75, 3.05) is 0 Å². The maximum absolute atomic E-state index is 9.99. The molecule has 84 valence electrons. The summed E-state index contributed by atoms with van der Waals surface area (Å²) >= 11 is 4.82. The smallest absolute Gasteiger partial charge is 0.122 e. The van der Waals surface area contributed by atoms with Crippen LogP contribution in [0.5, 0.6) is 0 Å². The molecule has 4 heteroatoms. The molecule has 1 heterocycles. The first-order valence-electron chi connectivity index (χ1n) is 5.08. The van der Waals surface area contributed by atoms with E-state index in [0.717, 1.165) is 22.3 Å². The van der Waals surface area contributed by atoms with Crippen LogP contribution in [-0.4, -0.2) is 10.1 Å². The minimum atomic E-state index is -0.429. The fraction of sp³-hybridized carbons (Fsp3) is 0.250. The molecule has 0 fully saturated rings. The van der Waals surface area contributed by atoms with E-state index in [-0.39, 0.29) is 0 Å². The standard InChI is InChI=1S/C12H12BrNOS/c13-12-11(16-8-14-12)10(15)7-6-9-4-2-1-3-5-9/h1-5,8,10,15H,6-7H2. The van der Waals surface area contributed by atoms with Crippen molar-refractivity contribution < 1.29 is 5.11 Å². The van der Waals surface area contributed by atoms with E-state index in [0.29, 0.717) is 0 Å². The molecule has 0 aliphatic heterocycles. The Kier molecular flexibility index (Phi) is 4.09. The number of halogens is 1. The summed E-state index contributed by atoms with van der Waals surface area (Å²) in [5.41, 5.74) is 2.99. The van der Waals surface area contributed by atoms with Crippen LogP contribution in [0.1, 0.15) is 23.0 Å². The van der Waals surface area contributed by atoms with Crippen molar-refractivity contribution in [1.29, 1.82) is 0 Å². The lowest BCUT2D eigenvalue weighted by molar-refractivity contribution is 0.170. The first kappa shape index (κ1) is 11.8. The molecule has 0 aliphatic carbocycles.